The van der Waals surface area contributed by atoms with E-state index >= 15 is 0 Å². The molecule has 0 aliphatic carbocycles. The van der Waals surface area contributed by atoms with Crippen molar-refractivity contribution in [1.29, 1.82) is 0 Å². The molecule has 3 aromatic carbocycles. The SMILES string of the molecule is Brc1cc[c]c(-c2ccccc2)c1-c1ccccc1. The third kappa shape index (κ3) is 2.47. The molecule has 0 aliphatic heterocycles. The van der Waals surface area contributed by atoms with Crippen LogP contribution < -0.4 is 0 Å². The third-order valence-corrected chi connectivity index (χ3v) is 3.73. The molecule has 0 unspecified atom stereocenters. The number of rotatable bonds is 2. The van der Waals surface area contributed by atoms with E-state index in [0.717, 1.165) is 10.0 Å². The van der Waals surface area contributed by atoms with Crippen molar-refractivity contribution >= 4 is 15.9 Å². The van der Waals surface area contributed by atoms with Gasteiger partial charge in [0.2, 0.25) is 0 Å². The van der Waals surface area contributed by atoms with Gasteiger partial charge in [-0.15, -0.1) is 0 Å². The van der Waals surface area contributed by atoms with E-state index in [-0.39, 0.29) is 0 Å². The molecule has 0 N–H and O–H groups in total. The fourth-order valence-electron chi connectivity index (χ4n) is 2.19. The molecule has 3 rings (SSSR count). The van der Waals surface area contributed by atoms with Crippen molar-refractivity contribution < 1.29 is 0 Å². The van der Waals surface area contributed by atoms with Gasteiger partial charge in [0.15, 0.2) is 0 Å². The van der Waals surface area contributed by atoms with Crippen LogP contribution in [0, 0.1) is 6.07 Å². The Balaban J connectivity index is 2.25. The Bertz CT molecular complexity index is 673. The number of halogens is 1. The van der Waals surface area contributed by atoms with Crippen molar-refractivity contribution in [2.45, 2.75) is 0 Å². The van der Waals surface area contributed by atoms with Crippen molar-refractivity contribution in [3.8, 4) is 22.3 Å². The average Bonchev–Trinajstić information content (AvgIpc) is 2.49. The zero-order chi connectivity index (χ0) is 13.1. The van der Waals surface area contributed by atoms with Crippen LogP contribution in [0.5, 0.6) is 0 Å². The lowest BCUT2D eigenvalue weighted by molar-refractivity contribution is 1.55. The largest absolute Gasteiger partial charge is 0.0622 e. The molecule has 0 bridgehead atoms. The summed E-state index contributed by atoms with van der Waals surface area (Å²) in [5.41, 5.74) is 4.70. The van der Waals surface area contributed by atoms with Crippen LogP contribution in [0.3, 0.4) is 0 Å². The molecule has 0 atom stereocenters. The second-order valence-corrected chi connectivity index (χ2v) is 5.16. The Morgan fingerprint density at radius 2 is 1.26 bits per heavy atom. The van der Waals surface area contributed by atoms with Crippen LogP contribution in [0.15, 0.2) is 77.3 Å². The average molecular weight is 308 g/mol. The highest BCUT2D eigenvalue weighted by Gasteiger charge is 2.10. The minimum atomic E-state index is 1.09. The van der Waals surface area contributed by atoms with Crippen molar-refractivity contribution in [1.82, 2.24) is 0 Å². The Labute approximate surface area is 121 Å². The van der Waals surface area contributed by atoms with Crippen LogP contribution in [0.4, 0.5) is 0 Å². The summed E-state index contributed by atoms with van der Waals surface area (Å²) in [6, 6.07) is 28.1. The Morgan fingerprint density at radius 1 is 0.684 bits per heavy atom. The smallest absolute Gasteiger partial charge is 0.0260 e. The Morgan fingerprint density at radius 3 is 1.89 bits per heavy atom. The molecule has 3 aromatic rings. The molecule has 19 heavy (non-hydrogen) atoms. The standard InChI is InChI=1S/C18H12Br/c19-17-13-7-12-16(14-8-3-1-4-9-14)18(17)15-10-5-2-6-11-15/h1-11,13H. The molecule has 91 valence electrons. The molecule has 1 radical (unpaired) electrons. The van der Waals surface area contributed by atoms with E-state index in [1.807, 2.05) is 24.3 Å². The van der Waals surface area contributed by atoms with E-state index in [1.165, 1.54) is 16.7 Å². The topological polar surface area (TPSA) is 0 Å². The van der Waals surface area contributed by atoms with Gasteiger partial charge < -0.3 is 0 Å². The van der Waals surface area contributed by atoms with Crippen LogP contribution >= 0.6 is 15.9 Å². The summed E-state index contributed by atoms with van der Waals surface area (Å²) in [6.45, 7) is 0. The van der Waals surface area contributed by atoms with Gasteiger partial charge in [-0.3, -0.25) is 0 Å². The van der Waals surface area contributed by atoms with E-state index in [1.54, 1.807) is 0 Å². The van der Waals surface area contributed by atoms with Gasteiger partial charge in [0.25, 0.3) is 0 Å². The summed E-state index contributed by atoms with van der Waals surface area (Å²) >= 11 is 3.66. The lowest BCUT2D eigenvalue weighted by Crippen LogP contribution is -1.86. The Kier molecular flexibility index (Phi) is 3.47. The second kappa shape index (κ2) is 5.41. The normalized spacial score (nSPS) is 10.4. The van der Waals surface area contributed by atoms with Crippen LogP contribution in [0.1, 0.15) is 0 Å². The lowest BCUT2D eigenvalue weighted by atomic mass is 9.95. The summed E-state index contributed by atoms with van der Waals surface area (Å²) in [5, 5.41) is 0. The molecule has 0 spiro atoms. The zero-order valence-corrected chi connectivity index (χ0v) is 11.9. The molecule has 0 nitrogen and oxygen atoms in total. The molecule has 0 amide bonds. The van der Waals surface area contributed by atoms with Gasteiger partial charge in [-0.25, -0.2) is 0 Å². The van der Waals surface area contributed by atoms with Crippen LogP contribution in [-0.4, -0.2) is 0 Å². The predicted molar refractivity (Wildman–Crippen MR) is 83.9 cm³/mol. The summed E-state index contributed by atoms with van der Waals surface area (Å²) in [6.07, 6.45) is 0. The highest BCUT2D eigenvalue weighted by molar-refractivity contribution is 9.10. The molecule has 0 heterocycles. The first kappa shape index (κ1) is 12.2. The van der Waals surface area contributed by atoms with Gasteiger partial charge in [-0.05, 0) is 28.8 Å². The Hall–Kier alpha value is -1.86. The molecule has 1 heteroatoms. The maximum absolute atomic E-state index is 3.66. The summed E-state index contributed by atoms with van der Waals surface area (Å²) < 4.78 is 1.09. The highest BCUT2D eigenvalue weighted by Crippen LogP contribution is 2.37. The minimum absolute atomic E-state index is 1.09. The van der Waals surface area contributed by atoms with Crippen molar-refractivity contribution in [3.63, 3.8) is 0 Å². The van der Waals surface area contributed by atoms with Gasteiger partial charge in [0.1, 0.15) is 0 Å². The van der Waals surface area contributed by atoms with E-state index < -0.39 is 0 Å². The van der Waals surface area contributed by atoms with Crippen LogP contribution in [-0.2, 0) is 0 Å². The first-order valence-corrected chi connectivity index (χ1v) is 6.96. The van der Waals surface area contributed by atoms with Gasteiger partial charge in [-0.2, -0.15) is 0 Å². The van der Waals surface area contributed by atoms with Gasteiger partial charge >= 0.3 is 0 Å². The number of benzene rings is 3. The van der Waals surface area contributed by atoms with Crippen molar-refractivity contribution in [2.24, 2.45) is 0 Å². The summed E-state index contributed by atoms with van der Waals surface area (Å²) in [4.78, 5) is 0. The monoisotopic (exact) mass is 307 g/mol. The van der Waals surface area contributed by atoms with E-state index in [2.05, 4.69) is 70.5 Å². The third-order valence-electron chi connectivity index (χ3n) is 3.07. The van der Waals surface area contributed by atoms with Crippen LogP contribution in [0.25, 0.3) is 22.3 Å². The van der Waals surface area contributed by atoms with Gasteiger partial charge in [-0.1, -0.05) is 82.7 Å². The van der Waals surface area contributed by atoms with Gasteiger partial charge in [0.05, 0.1) is 0 Å². The number of hydrogen-bond donors (Lipinski definition) is 0. The minimum Gasteiger partial charge on any atom is -0.0622 e. The maximum Gasteiger partial charge on any atom is 0.0260 e. The van der Waals surface area contributed by atoms with Crippen molar-refractivity contribution in [3.05, 3.63) is 83.3 Å². The van der Waals surface area contributed by atoms with Crippen LogP contribution in [0.2, 0.25) is 0 Å². The second-order valence-electron chi connectivity index (χ2n) is 4.31. The van der Waals surface area contributed by atoms with E-state index in [0.29, 0.717) is 0 Å². The molecule has 0 aromatic heterocycles. The fraction of sp³-hybridized carbons (Fsp3) is 0. The lowest BCUT2D eigenvalue weighted by Gasteiger charge is -2.12. The molecule has 0 saturated carbocycles. The van der Waals surface area contributed by atoms with Gasteiger partial charge in [0, 0.05) is 10.0 Å². The fourth-order valence-corrected chi connectivity index (χ4v) is 2.75. The highest BCUT2D eigenvalue weighted by atomic mass is 79.9. The zero-order valence-electron chi connectivity index (χ0n) is 10.3. The summed E-state index contributed by atoms with van der Waals surface area (Å²) in [7, 11) is 0. The van der Waals surface area contributed by atoms with E-state index in [9.17, 15) is 0 Å². The number of hydrogen-bond acceptors (Lipinski definition) is 0. The first-order chi connectivity index (χ1) is 9.36. The summed E-state index contributed by atoms with van der Waals surface area (Å²) in [5.74, 6) is 0. The molecular formula is C18H12Br. The maximum atomic E-state index is 3.66. The molecular weight excluding hydrogens is 296 g/mol. The molecule has 0 aliphatic rings. The van der Waals surface area contributed by atoms with Crippen molar-refractivity contribution in [2.75, 3.05) is 0 Å². The quantitative estimate of drug-likeness (QED) is 0.579. The molecule has 0 saturated heterocycles. The molecule has 0 fully saturated rings. The van der Waals surface area contributed by atoms with E-state index in [4.69, 9.17) is 0 Å². The first-order valence-electron chi connectivity index (χ1n) is 6.17. The predicted octanol–water partition coefficient (Wildman–Crippen LogP) is 5.58.